The third kappa shape index (κ3) is 2.67. The van der Waals surface area contributed by atoms with Gasteiger partial charge >= 0.3 is 6.16 Å². The van der Waals surface area contributed by atoms with Crippen molar-refractivity contribution in [2.75, 3.05) is 6.61 Å². The first-order valence-corrected chi connectivity index (χ1v) is 5.70. The molecule has 0 aliphatic carbocycles. The Bertz CT molecular complexity index is 461. The van der Waals surface area contributed by atoms with Crippen LogP contribution in [0.3, 0.4) is 0 Å². The summed E-state index contributed by atoms with van der Waals surface area (Å²) in [7, 11) is 0. The van der Waals surface area contributed by atoms with Crippen molar-refractivity contribution in [2.24, 2.45) is 0 Å². The Morgan fingerprint density at radius 1 is 1.39 bits per heavy atom. The lowest BCUT2D eigenvalue weighted by molar-refractivity contribution is -0.0895. The van der Waals surface area contributed by atoms with Crippen molar-refractivity contribution in [1.82, 2.24) is 0 Å². The summed E-state index contributed by atoms with van der Waals surface area (Å²) in [6.07, 6.45) is -2.28. The Hall–Kier alpha value is -1.91. The summed E-state index contributed by atoms with van der Waals surface area (Å²) >= 11 is 0. The maximum absolute atomic E-state index is 10.4. The van der Waals surface area contributed by atoms with Crippen LogP contribution in [0.15, 0.2) is 18.2 Å². The van der Waals surface area contributed by atoms with Gasteiger partial charge in [-0.05, 0) is 23.1 Å². The van der Waals surface area contributed by atoms with Crippen LogP contribution in [0.25, 0.3) is 0 Å². The first-order chi connectivity index (χ1) is 8.36. The highest BCUT2D eigenvalue weighted by atomic mass is 16.8. The van der Waals surface area contributed by atoms with Crippen LogP contribution in [0.4, 0.5) is 4.79 Å². The summed E-state index contributed by atoms with van der Waals surface area (Å²) < 4.78 is 15.4. The first kappa shape index (κ1) is 12.5. The number of carboxylic acid groups (broad SMARTS) is 1. The molecule has 1 aromatic rings. The Balaban J connectivity index is 2.18. The molecule has 18 heavy (non-hydrogen) atoms. The second kappa shape index (κ2) is 4.40. The summed E-state index contributed by atoms with van der Waals surface area (Å²) in [6.45, 7) is 6.38. The van der Waals surface area contributed by atoms with Gasteiger partial charge in [0.05, 0.1) is 0 Å². The van der Waals surface area contributed by atoms with Gasteiger partial charge in [0.25, 0.3) is 6.29 Å². The fourth-order valence-electron chi connectivity index (χ4n) is 1.69. The van der Waals surface area contributed by atoms with Crippen LogP contribution in [-0.4, -0.2) is 24.2 Å². The maximum Gasteiger partial charge on any atom is 0.509 e. The second-order valence-corrected chi connectivity index (χ2v) is 5.15. The highest BCUT2D eigenvalue weighted by molar-refractivity contribution is 5.57. The second-order valence-electron chi connectivity index (χ2n) is 5.15. The molecule has 0 bridgehead atoms. The van der Waals surface area contributed by atoms with Crippen LogP contribution in [-0.2, 0) is 10.2 Å². The largest absolute Gasteiger partial charge is 0.509 e. The molecule has 1 unspecified atom stereocenters. The first-order valence-electron chi connectivity index (χ1n) is 5.70. The van der Waals surface area contributed by atoms with Crippen molar-refractivity contribution in [3.63, 3.8) is 0 Å². The van der Waals surface area contributed by atoms with Crippen LogP contribution in [0.2, 0.25) is 0 Å². The highest BCUT2D eigenvalue weighted by Gasteiger charge is 2.25. The number of fused-ring (bicyclic) bond motifs is 1. The van der Waals surface area contributed by atoms with Gasteiger partial charge in [0.1, 0.15) is 0 Å². The Morgan fingerprint density at radius 2 is 2.11 bits per heavy atom. The van der Waals surface area contributed by atoms with E-state index in [9.17, 15) is 4.79 Å². The molecular weight excluding hydrogens is 236 g/mol. The monoisotopic (exact) mass is 252 g/mol. The van der Waals surface area contributed by atoms with E-state index in [1.807, 2.05) is 12.1 Å². The molecule has 1 aliphatic heterocycles. The Morgan fingerprint density at radius 3 is 2.72 bits per heavy atom. The topological polar surface area (TPSA) is 65.0 Å². The van der Waals surface area contributed by atoms with Crippen molar-refractivity contribution >= 4 is 6.16 Å². The molecule has 1 aromatic carbocycles. The predicted molar refractivity (Wildman–Crippen MR) is 64.2 cm³/mol. The van der Waals surface area contributed by atoms with Crippen molar-refractivity contribution in [3.05, 3.63) is 23.8 Å². The number of hydrogen-bond donors (Lipinski definition) is 1. The fraction of sp³-hybridized carbons (Fsp3) is 0.462. The van der Waals surface area contributed by atoms with E-state index in [0.717, 1.165) is 5.56 Å². The van der Waals surface area contributed by atoms with Gasteiger partial charge < -0.3 is 19.3 Å². The molecule has 0 saturated carbocycles. The normalized spacial score (nSPS) is 18.3. The lowest BCUT2D eigenvalue weighted by Crippen LogP contribution is -2.33. The number of benzene rings is 1. The number of rotatable bonds is 1. The molecule has 2 rings (SSSR count). The molecule has 0 aromatic heterocycles. The Labute approximate surface area is 105 Å². The summed E-state index contributed by atoms with van der Waals surface area (Å²) in [4.78, 5) is 10.4. The zero-order valence-electron chi connectivity index (χ0n) is 10.6. The molecule has 0 saturated heterocycles. The zero-order chi connectivity index (χ0) is 13.3. The van der Waals surface area contributed by atoms with Crippen molar-refractivity contribution in [1.29, 1.82) is 0 Å². The molecule has 1 atom stereocenters. The van der Waals surface area contributed by atoms with Crippen molar-refractivity contribution in [2.45, 2.75) is 32.5 Å². The molecule has 1 N–H and O–H groups in total. The third-order valence-electron chi connectivity index (χ3n) is 2.68. The SMILES string of the molecule is CC(C)(C)c1ccc2c(c1)OCC(OC(=O)O)O2. The van der Waals surface area contributed by atoms with E-state index in [-0.39, 0.29) is 12.0 Å². The predicted octanol–water partition coefficient (Wildman–Crippen LogP) is 2.78. The van der Waals surface area contributed by atoms with Gasteiger partial charge in [-0.25, -0.2) is 4.79 Å². The summed E-state index contributed by atoms with van der Waals surface area (Å²) in [5.74, 6) is 1.12. The van der Waals surface area contributed by atoms with Gasteiger partial charge in [-0.3, -0.25) is 0 Å². The molecule has 1 aliphatic rings. The van der Waals surface area contributed by atoms with Crippen LogP contribution in [0.1, 0.15) is 26.3 Å². The van der Waals surface area contributed by atoms with E-state index in [1.54, 1.807) is 6.07 Å². The highest BCUT2D eigenvalue weighted by Crippen LogP contribution is 2.36. The minimum Gasteiger partial charge on any atom is -0.482 e. The quantitative estimate of drug-likeness (QED) is 0.778. The van der Waals surface area contributed by atoms with E-state index >= 15 is 0 Å². The number of hydrogen-bond acceptors (Lipinski definition) is 4. The lowest BCUT2D eigenvalue weighted by atomic mass is 9.87. The van der Waals surface area contributed by atoms with Crippen LogP contribution in [0, 0.1) is 0 Å². The van der Waals surface area contributed by atoms with Crippen LogP contribution >= 0.6 is 0 Å². The average Bonchev–Trinajstić information content (AvgIpc) is 2.26. The zero-order valence-corrected chi connectivity index (χ0v) is 10.6. The molecule has 1 heterocycles. The maximum atomic E-state index is 10.4. The Kier molecular flexibility index (Phi) is 3.07. The van der Waals surface area contributed by atoms with Gasteiger partial charge in [0, 0.05) is 0 Å². The molecule has 0 amide bonds. The van der Waals surface area contributed by atoms with Crippen molar-refractivity contribution < 1.29 is 24.1 Å². The van der Waals surface area contributed by atoms with E-state index < -0.39 is 12.4 Å². The average molecular weight is 252 g/mol. The van der Waals surface area contributed by atoms with Gasteiger partial charge in [0.2, 0.25) is 0 Å². The van der Waals surface area contributed by atoms with E-state index in [4.69, 9.17) is 14.6 Å². The molecule has 0 spiro atoms. The molecular formula is C13H16O5. The summed E-state index contributed by atoms with van der Waals surface area (Å²) in [5, 5.41) is 8.51. The van der Waals surface area contributed by atoms with Gasteiger partial charge in [-0.1, -0.05) is 26.8 Å². The summed E-state index contributed by atoms with van der Waals surface area (Å²) in [6, 6.07) is 5.62. The third-order valence-corrected chi connectivity index (χ3v) is 2.68. The van der Waals surface area contributed by atoms with E-state index in [0.29, 0.717) is 11.5 Å². The van der Waals surface area contributed by atoms with Crippen LogP contribution < -0.4 is 9.47 Å². The molecule has 0 radical (unpaired) electrons. The van der Waals surface area contributed by atoms with Gasteiger partial charge in [0.15, 0.2) is 18.1 Å². The standard InChI is InChI=1S/C13H16O5/c1-13(2,3)8-4-5-9-10(6-8)16-7-11(17-9)18-12(14)15/h4-6,11H,7H2,1-3H3,(H,14,15). The fourth-order valence-corrected chi connectivity index (χ4v) is 1.69. The van der Waals surface area contributed by atoms with E-state index in [2.05, 4.69) is 25.5 Å². The molecule has 5 nitrogen and oxygen atoms in total. The molecule has 0 fully saturated rings. The lowest BCUT2D eigenvalue weighted by Gasteiger charge is -2.27. The smallest absolute Gasteiger partial charge is 0.482 e. The molecule has 5 heteroatoms. The number of ether oxygens (including phenoxy) is 3. The minimum atomic E-state index is -1.38. The van der Waals surface area contributed by atoms with Crippen molar-refractivity contribution in [3.8, 4) is 11.5 Å². The van der Waals surface area contributed by atoms with Gasteiger partial charge in [-0.2, -0.15) is 0 Å². The molecule has 98 valence electrons. The van der Waals surface area contributed by atoms with E-state index in [1.165, 1.54) is 0 Å². The van der Waals surface area contributed by atoms with Gasteiger partial charge in [-0.15, -0.1) is 0 Å². The summed E-state index contributed by atoms with van der Waals surface area (Å²) in [5.41, 5.74) is 1.15. The minimum absolute atomic E-state index is 0.0206. The number of carbonyl (C=O) groups is 1. The van der Waals surface area contributed by atoms with Crippen LogP contribution in [0.5, 0.6) is 11.5 Å².